The highest BCUT2D eigenvalue weighted by Gasteiger charge is 2.22. The van der Waals surface area contributed by atoms with Gasteiger partial charge < -0.3 is 13.7 Å². The first-order valence-corrected chi connectivity index (χ1v) is 18.6. The van der Waals surface area contributed by atoms with Crippen molar-refractivity contribution in [3.05, 3.63) is 212 Å². The Morgan fingerprint density at radius 1 is 0.298 bits per heavy atom. The average molecular weight is 739 g/mol. The molecular formula is C54H35N3. The lowest BCUT2D eigenvalue weighted by Gasteiger charge is -2.13. The van der Waals surface area contributed by atoms with Gasteiger partial charge >= 0.3 is 0 Å². The summed E-state index contributed by atoms with van der Waals surface area (Å²) in [7, 11) is 0. The van der Waals surface area contributed by atoms with Crippen LogP contribution in [0.4, 0.5) is 0 Å². The van der Waals surface area contributed by atoms with E-state index < -0.39 is 101 Å². The molecule has 0 saturated carbocycles. The minimum absolute atomic E-state index is 0.123. The van der Waals surface area contributed by atoms with Crippen molar-refractivity contribution in [2.24, 2.45) is 0 Å². The Morgan fingerprint density at radius 2 is 0.702 bits per heavy atom. The van der Waals surface area contributed by atoms with Crippen LogP contribution in [0.1, 0.15) is 17.8 Å². The second-order valence-electron chi connectivity index (χ2n) is 13.9. The molecule has 0 unspecified atom stereocenters. The maximum absolute atomic E-state index is 9.83. The van der Waals surface area contributed by atoms with Gasteiger partial charge in [-0.15, -0.1) is 0 Å². The van der Waals surface area contributed by atoms with E-state index >= 15 is 0 Å². The van der Waals surface area contributed by atoms with E-state index in [1.165, 1.54) is 0 Å². The Kier molecular flexibility index (Phi) is 4.69. The topological polar surface area (TPSA) is 14.8 Å². The van der Waals surface area contributed by atoms with Crippen molar-refractivity contribution < 1.29 is 17.8 Å². The maximum Gasteiger partial charge on any atom is 0.0651 e. The van der Waals surface area contributed by atoms with Gasteiger partial charge in [0.25, 0.3) is 0 Å². The Bertz CT molecular complexity index is 4190. The Labute approximate surface area is 347 Å². The summed E-state index contributed by atoms with van der Waals surface area (Å²) in [6.07, 6.45) is 0. The van der Waals surface area contributed by atoms with Crippen LogP contribution in [-0.2, 0) is 0 Å². The molecule has 0 amide bonds. The molecule has 0 aliphatic heterocycles. The number of fused-ring (bicyclic) bond motifs is 9. The first-order chi connectivity index (χ1) is 33.7. The third-order valence-corrected chi connectivity index (χ3v) is 10.9. The largest absolute Gasteiger partial charge is 0.309 e. The standard InChI is InChI=1S/C54H35N3/c1-2-15-36(16-3-1)37-31-33-38(34-32-37)39-17-12-18-40(35-39)55-47-25-10-6-21-43(47)53-49(55)27-13-29-51(53)57-48-26-11-7-22-44(48)54-50(28-14-30-52(54)57)56-45-23-8-4-19-41(45)42-20-5-9-24-46(42)56/h1-35H/i1D,2D,3D,12D,15D,16D,17D,18D,31D,32D,33D,34D,35D. The minimum atomic E-state index is -0.759. The van der Waals surface area contributed by atoms with Crippen molar-refractivity contribution in [2.45, 2.75) is 0 Å². The van der Waals surface area contributed by atoms with Gasteiger partial charge in [-0.05, 0) is 82.9 Å². The van der Waals surface area contributed by atoms with Crippen LogP contribution in [-0.4, -0.2) is 13.7 Å². The number of hydrogen-bond donors (Lipinski definition) is 0. The molecule has 0 aliphatic carbocycles. The van der Waals surface area contributed by atoms with Crippen LogP contribution < -0.4 is 0 Å². The summed E-state index contributed by atoms with van der Waals surface area (Å²) in [5, 5.41) is 5.84. The number of aromatic nitrogens is 3. The quantitative estimate of drug-likeness (QED) is 0.167. The molecule has 3 heteroatoms. The van der Waals surface area contributed by atoms with Crippen molar-refractivity contribution in [3.63, 3.8) is 0 Å². The Balaban J connectivity index is 1.13. The number of nitrogens with zero attached hydrogens (tertiary/aromatic N) is 3. The smallest absolute Gasteiger partial charge is 0.0651 e. The van der Waals surface area contributed by atoms with E-state index in [4.69, 9.17) is 12.3 Å². The SMILES string of the molecule is [2H]c1c([2H])c([2H])c(-c2c([2H])c([2H])c(-c3c([2H])c([2H])c([2H])c(-n4c5ccccc5c5c(-n6c7ccccc7c7c(-n8c9ccccc9c9ccccc98)cccc76)cccc54)c3[2H])c([2H])c2[2H])c([2H])c1[2H]. The Morgan fingerprint density at radius 3 is 1.28 bits per heavy atom. The summed E-state index contributed by atoms with van der Waals surface area (Å²) in [6, 6.07) is 35.8. The van der Waals surface area contributed by atoms with Gasteiger partial charge in [0.15, 0.2) is 0 Å². The van der Waals surface area contributed by atoms with E-state index in [1.54, 1.807) is 4.57 Å². The molecule has 12 aromatic rings. The summed E-state index contributed by atoms with van der Waals surface area (Å²) in [4.78, 5) is 0. The molecule has 0 spiro atoms. The molecular weight excluding hydrogens is 691 g/mol. The molecule has 0 atom stereocenters. The normalized spacial score (nSPS) is 15.1. The molecule has 0 aliphatic rings. The van der Waals surface area contributed by atoms with Crippen LogP contribution in [0, 0.1) is 0 Å². The maximum atomic E-state index is 9.83. The van der Waals surface area contributed by atoms with Crippen molar-refractivity contribution in [3.8, 4) is 39.3 Å². The zero-order valence-corrected chi connectivity index (χ0v) is 30.0. The molecule has 9 aromatic carbocycles. The van der Waals surface area contributed by atoms with Gasteiger partial charge in [0.2, 0.25) is 0 Å². The molecule has 12 rings (SSSR count). The molecule has 0 bridgehead atoms. The average Bonchev–Trinajstić information content (AvgIpc) is 4.02. The van der Waals surface area contributed by atoms with Gasteiger partial charge in [0.05, 0.1) is 62.3 Å². The number of benzene rings is 9. The van der Waals surface area contributed by atoms with E-state index in [0.29, 0.717) is 11.0 Å². The fourth-order valence-electron chi connectivity index (χ4n) is 8.56. The predicted molar refractivity (Wildman–Crippen MR) is 240 cm³/mol. The highest BCUT2D eigenvalue weighted by atomic mass is 15.0. The van der Waals surface area contributed by atoms with Crippen LogP contribution in [0.3, 0.4) is 0 Å². The lowest BCUT2D eigenvalue weighted by atomic mass is 10.00. The number of rotatable bonds is 5. The predicted octanol–water partition coefficient (Wildman–Crippen LogP) is 14.3. The minimum Gasteiger partial charge on any atom is -0.309 e. The van der Waals surface area contributed by atoms with Gasteiger partial charge in [0, 0.05) is 38.0 Å². The summed E-state index contributed by atoms with van der Waals surface area (Å²) in [6.45, 7) is 0. The molecule has 0 saturated heterocycles. The second kappa shape index (κ2) is 12.5. The molecule has 0 fully saturated rings. The summed E-state index contributed by atoms with van der Waals surface area (Å²) in [5.74, 6) is 0. The first kappa shape index (κ1) is 21.5. The zero-order valence-electron chi connectivity index (χ0n) is 43.0. The fraction of sp³-hybridized carbons (Fsp3) is 0. The third-order valence-electron chi connectivity index (χ3n) is 10.9. The van der Waals surface area contributed by atoms with Gasteiger partial charge in [-0.1, -0.05) is 151 Å². The van der Waals surface area contributed by atoms with E-state index in [-0.39, 0.29) is 5.69 Å². The molecule has 3 nitrogen and oxygen atoms in total. The van der Waals surface area contributed by atoms with Crippen LogP contribution >= 0.6 is 0 Å². The highest BCUT2D eigenvalue weighted by molar-refractivity contribution is 6.19. The first-order valence-electron chi connectivity index (χ1n) is 25.1. The molecule has 266 valence electrons. The van der Waals surface area contributed by atoms with E-state index in [2.05, 4.69) is 75.9 Å². The summed E-state index contributed by atoms with van der Waals surface area (Å²) < 4.78 is 122. The van der Waals surface area contributed by atoms with Crippen molar-refractivity contribution >= 4 is 65.4 Å². The van der Waals surface area contributed by atoms with Crippen molar-refractivity contribution in [2.75, 3.05) is 0 Å². The van der Waals surface area contributed by atoms with Crippen LogP contribution in [0.15, 0.2) is 212 Å². The number of para-hydroxylation sites is 4. The third kappa shape index (κ3) is 4.73. The monoisotopic (exact) mass is 738 g/mol. The van der Waals surface area contributed by atoms with Gasteiger partial charge in [-0.3, -0.25) is 0 Å². The number of hydrogen-bond acceptors (Lipinski definition) is 0. The highest BCUT2D eigenvalue weighted by Crippen LogP contribution is 2.43. The lowest BCUT2D eigenvalue weighted by molar-refractivity contribution is 1.17. The van der Waals surface area contributed by atoms with E-state index in [1.807, 2.05) is 66.7 Å². The molecule has 3 heterocycles. The molecule has 3 aromatic heterocycles. The molecule has 0 N–H and O–H groups in total. The fourth-order valence-corrected chi connectivity index (χ4v) is 8.56. The second-order valence-corrected chi connectivity index (χ2v) is 13.9. The van der Waals surface area contributed by atoms with Gasteiger partial charge in [-0.2, -0.15) is 0 Å². The van der Waals surface area contributed by atoms with Gasteiger partial charge in [-0.25, -0.2) is 0 Å². The summed E-state index contributed by atoms with van der Waals surface area (Å²) >= 11 is 0. The van der Waals surface area contributed by atoms with Crippen molar-refractivity contribution in [1.82, 2.24) is 13.7 Å². The van der Waals surface area contributed by atoms with Crippen LogP contribution in [0.25, 0.3) is 105 Å². The lowest BCUT2D eigenvalue weighted by Crippen LogP contribution is -1.98. The van der Waals surface area contributed by atoms with Crippen molar-refractivity contribution in [1.29, 1.82) is 0 Å². The van der Waals surface area contributed by atoms with Crippen LogP contribution in [0.5, 0.6) is 0 Å². The van der Waals surface area contributed by atoms with Gasteiger partial charge in [0.1, 0.15) is 0 Å². The van der Waals surface area contributed by atoms with E-state index in [0.717, 1.165) is 65.8 Å². The molecule has 57 heavy (non-hydrogen) atoms. The zero-order chi connectivity index (χ0) is 48.8. The Hall–Kier alpha value is -7.62. The summed E-state index contributed by atoms with van der Waals surface area (Å²) in [5.41, 5.74) is 4.80. The van der Waals surface area contributed by atoms with Crippen LogP contribution in [0.2, 0.25) is 0 Å². The van der Waals surface area contributed by atoms with E-state index in [9.17, 15) is 5.48 Å². The molecule has 0 radical (unpaired) electrons.